The maximum Gasteiger partial charge on any atom is 0.319 e. The standard InChI is InChI=1S/C32H29FN6O4S/c1-2-43-29-11-7-6-10-27(29)34-31(40)35-28(20-22-8-4-3-5-9-22)30-36-37-32(44-21-23-12-14-24(33)15-13-23)38(30)25-16-18-26(19-17-25)39(41)42/h3-19,28H,2,20-21H2,1H3,(H2,34,35,40). The number of hydrogen-bond donors (Lipinski definition) is 2. The molecule has 0 aliphatic carbocycles. The number of benzene rings is 4. The number of aromatic nitrogens is 3. The third kappa shape index (κ3) is 7.58. The van der Waals surface area contributed by atoms with Crippen LogP contribution in [0.1, 0.15) is 29.9 Å². The molecule has 5 aromatic rings. The molecule has 1 heterocycles. The summed E-state index contributed by atoms with van der Waals surface area (Å²) in [5.41, 5.74) is 2.86. The van der Waals surface area contributed by atoms with Gasteiger partial charge in [0.25, 0.3) is 5.69 Å². The lowest BCUT2D eigenvalue weighted by atomic mass is 10.1. The highest BCUT2D eigenvalue weighted by molar-refractivity contribution is 7.98. The summed E-state index contributed by atoms with van der Waals surface area (Å²) in [5.74, 6) is 1.11. The van der Waals surface area contributed by atoms with Crippen LogP contribution in [-0.2, 0) is 12.2 Å². The van der Waals surface area contributed by atoms with Gasteiger partial charge < -0.3 is 15.4 Å². The molecule has 12 heteroatoms. The van der Waals surface area contributed by atoms with Crippen molar-refractivity contribution in [2.75, 3.05) is 11.9 Å². The largest absolute Gasteiger partial charge is 0.492 e. The second-order valence-corrected chi connectivity index (χ2v) is 10.6. The Kier molecular flexibility index (Phi) is 9.82. The van der Waals surface area contributed by atoms with Gasteiger partial charge in [-0.05, 0) is 54.4 Å². The fourth-order valence-corrected chi connectivity index (χ4v) is 5.43. The molecule has 44 heavy (non-hydrogen) atoms. The Bertz CT molecular complexity index is 1720. The number of urea groups is 1. The third-order valence-corrected chi connectivity index (χ3v) is 7.59. The second kappa shape index (κ2) is 14.3. The molecule has 4 aromatic carbocycles. The van der Waals surface area contributed by atoms with E-state index in [9.17, 15) is 19.3 Å². The summed E-state index contributed by atoms with van der Waals surface area (Å²) >= 11 is 1.37. The fraction of sp³-hybridized carbons (Fsp3) is 0.156. The summed E-state index contributed by atoms with van der Waals surface area (Å²) in [6.45, 7) is 2.30. The lowest BCUT2D eigenvalue weighted by molar-refractivity contribution is -0.384. The summed E-state index contributed by atoms with van der Waals surface area (Å²) in [6, 6.07) is 27.9. The van der Waals surface area contributed by atoms with Gasteiger partial charge in [-0.1, -0.05) is 66.4 Å². The lowest BCUT2D eigenvalue weighted by Crippen LogP contribution is -2.35. The summed E-state index contributed by atoms with van der Waals surface area (Å²) < 4.78 is 20.9. The highest BCUT2D eigenvalue weighted by atomic mass is 32.2. The zero-order valence-electron chi connectivity index (χ0n) is 23.7. The van der Waals surface area contributed by atoms with Crippen LogP contribution in [0.4, 0.5) is 20.6 Å². The predicted molar refractivity (Wildman–Crippen MR) is 167 cm³/mol. The van der Waals surface area contributed by atoms with Gasteiger partial charge in [0.1, 0.15) is 11.6 Å². The van der Waals surface area contributed by atoms with E-state index in [-0.39, 0.29) is 11.5 Å². The Hall–Kier alpha value is -5.23. The van der Waals surface area contributed by atoms with Crippen LogP contribution < -0.4 is 15.4 Å². The van der Waals surface area contributed by atoms with Crippen molar-refractivity contribution in [1.82, 2.24) is 20.1 Å². The Morgan fingerprint density at radius 1 is 0.955 bits per heavy atom. The average molecular weight is 613 g/mol. The number of para-hydroxylation sites is 2. The zero-order chi connectivity index (χ0) is 30.9. The third-order valence-electron chi connectivity index (χ3n) is 6.59. The maximum atomic E-state index is 13.5. The number of nitrogens with one attached hydrogen (secondary N) is 2. The molecule has 0 fully saturated rings. The Labute approximate surface area is 257 Å². The van der Waals surface area contributed by atoms with E-state index in [2.05, 4.69) is 20.8 Å². The zero-order valence-corrected chi connectivity index (χ0v) is 24.5. The molecule has 0 radical (unpaired) electrons. The van der Waals surface area contributed by atoms with Crippen LogP contribution in [0.15, 0.2) is 108 Å². The lowest BCUT2D eigenvalue weighted by Gasteiger charge is -2.21. The number of amides is 2. The number of ether oxygens (including phenoxy) is 1. The van der Waals surface area contributed by atoms with Gasteiger partial charge in [0.05, 0.1) is 23.3 Å². The number of non-ortho nitro benzene ring substituents is 1. The van der Waals surface area contributed by atoms with E-state index in [4.69, 9.17) is 4.74 Å². The molecule has 5 rings (SSSR count). The minimum atomic E-state index is -0.653. The van der Waals surface area contributed by atoms with Crippen molar-refractivity contribution >= 4 is 29.2 Å². The first-order valence-electron chi connectivity index (χ1n) is 13.8. The first-order chi connectivity index (χ1) is 21.4. The normalized spacial score (nSPS) is 11.5. The molecule has 0 aliphatic heterocycles. The first-order valence-corrected chi connectivity index (χ1v) is 14.8. The van der Waals surface area contributed by atoms with Gasteiger partial charge in [-0.25, -0.2) is 9.18 Å². The van der Waals surface area contributed by atoms with E-state index in [1.807, 2.05) is 43.3 Å². The van der Waals surface area contributed by atoms with Crippen molar-refractivity contribution in [3.63, 3.8) is 0 Å². The highest BCUT2D eigenvalue weighted by Crippen LogP contribution is 2.30. The number of nitrogens with zero attached hydrogens (tertiary/aromatic N) is 4. The first kappa shape index (κ1) is 30.2. The molecular formula is C32H29FN6O4S. The van der Waals surface area contributed by atoms with Gasteiger partial charge in [-0.15, -0.1) is 10.2 Å². The number of thioether (sulfide) groups is 1. The molecule has 0 spiro atoms. The van der Waals surface area contributed by atoms with E-state index in [1.54, 1.807) is 47.0 Å². The van der Waals surface area contributed by atoms with Crippen molar-refractivity contribution in [1.29, 1.82) is 0 Å². The van der Waals surface area contributed by atoms with Crippen LogP contribution in [0.5, 0.6) is 5.75 Å². The van der Waals surface area contributed by atoms with Gasteiger partial charge in [-0.2, -0.15) is 0 Å². The molecule has 2 amide bonds. The van der Waals surface area contributed by atoms with Gasteiger partial charge in [0.15, 0.2) is 11.0 Å². The molecular weight excluding hydrogens is 583 g/mol. The highest BCUT2D eigenvalue weighted by Gasteiger charge is 2.26. The summed E-state index contributed by atoms with van der Waals surface area (Å²) in [4.78, 5) is 24.3. The van der Waals surface area contributed by atoms with E-state index < -0.39 is 17.0 Å². The van der Waals surface area contributed by atoms with Crippen molar-refractivity contribution in [3.05, 3.63) is 136 Å². The maximum absolute atomic E-state index is 13.5. The smallest absolute Gasteiger partial charge is 0.319 e. The SMILES string of the molecule is CCOc1ccccc1NC(=O)NC(Cc1ccccc1)c1nnc(SCc2ccc(F)cc2)n1-c1ccc([N+](=O)[O-])cc1. The van der Waals surface area contributed by atoms with Crippen molar-refractivity contribution in [2.45, 2.75) is 30.3 Å². The number of carbonyl (C=O) groups is 1. The van der Waals surface area contributed by atoms with Crippen LogP contribution >= 0.6 is 11.8 Å². The summed E-state index contributed by atoms with van der Waals surface area (Å²) in [6.07, 6.45) is 0.384. The van der Waals surface area contributed by atoms with Crippen LogP contribution in [0.2, 0.25) is 0 Å². The minimum absolute atomic E-state index is 0.0600. The van der Waals surface area contributed by atoms with Gasteiger partial charge >= 0.3 is 6.03 Å². The fourth-order valence-electron chi connectivity index (χ4n) is 4.52. The number of rotatable bonds is 12. The van der Waals surface area contributed by atoms with Gasteiger partial charge in [0, 0.05) is 30.0 Å². The number of nitro benzene ring substituents is 1. The van der Waals surface area contributed by atoms with E-state index >= 15 is 0 Å². The van der Waals surface area contributed by atoms with Crippen molar-refractivity contribution < 1.29 is 18.8 Å². The van der Waals surface area contributed by atoms with Crippen LogP contribution in [0.25, 0.3) is 5.69 Å². The molecule has 1 aromatic heterocycles. The van der Waals surface area contributed by atoms with Gasteiger partial charge in [-0.3, -0.25) is 14.7 Å². The van der Waals surface area contributed by atoms with Crippen LogP contribution in [0.3, 0.4) is 0 Å². The molecule has 1 unspecified atom stereocenters. The summed E-state index contributed by atoms with van der Waals surface area (Å²) in [7, 11) is 0. The summed E-state index contributed by atoms with van der Waals surface area (Å²) in [5, 5.41) is 26.7. The molecule has 0 saturated carbocycles. The Morgan fingerprint density at radius 2 is 1.66 bits per heavy atom. The second-order valence-electron chi connectivity index (χ2n) is 9.63. The van der Waals surface area contributed by atoms with E-state index in [1.165, 1.54) is 36.0 Å². The molecule has 0 bridgehead atoms. The molecule has 224 valence electrons. The van der Waals surface area contributed by atoms with Crippen molar-refractivity contribution in [3.8, 4) is 11.4 Å². The average Bonchev–Trinajstić information content (AvgIpc) is 3.46. The van der Waals surface area contributed by atoms with Crippen LogP contribution in [0, 0.1) is 15.9 Å². The minimum Gasteiger partial charge on any atom is -0.492 e. The number of anilines is 1. The topological polar surface area (TPSA) is 124 Å². The molecule has 2 N–H and O–H groups in total. The monoisotopic (exact) mass is 612 g/mol. The molecule has 1 atom stereocenters. The predicted octanol–water partition coefficient (Wildman–Crippen LogP) is 7.11. The van der Waals surface area contributed by atoms with E-state index in [0.29, 0.717) is 46.9 Å². The molecule has 0 saturated heterocycles. The molecule has 10 nitrogen and oxygen atoms in total. The van der Waals surface area contributed by atoms with Gasteiger partial charge in [0.2, 0.25) is 0 Å². The number of carbonyl (C=O) groups excluding carboxylic acids is 1. The van der Waals surface area contributed by atoms with Crippen molar-refractivity contribution in [2.24, 2.45) is 0 Å². The number of halogens is 1. The Morgan fingerprint density at radius 3 is 2.36 bits per heavy atom. The molecule has 0 aliphatic rings. The number of nitro groups is 1. The van der Waals surface area contributed by atoms with E-state index in [0.717, 1.165) is 11.1 Å². The Balaban J connectivity index is 1.51. The number of hydrogen-bond acceptors (Lipinski definition) is 7. The quantitative estimate of drug-likeness (QED) is 0.0874. The van der Waals surface area contributed by atoms with Crippen LogP contribution in [-0.4, -0.2) is 32.3 Å².